The van der Waals surface area contributed by atoms with E-state index in [1.807, 2.05) is 0 Å². The summed E-state index contributed by atoms with van der Waals surface area (Å²) < 4.78 is 13.1. The van der Waals surface area contributed by atoms with Crippen molar-refractivity contribution in [3.63, 3.8) is 0 Å². The van der Waals surface area contributed by atoms with E-state index >= 15 is 0 Å². The number of hydrogen-bond acceptors (Lipinski definition) is 3. The van der Waals surface area contributed by atoms with Crippen LogP contribution in [0.4, 0.5) is 4.39 Å². The van der Waals surface area contributed by atoms with Crippen molar-refractivity contribution >= 4 is 29.4 Å². The lowest BCUT2D eigenvalue weighted by atomic mass is 10.1. The zero-order valence-electron chi connectivity index (χ0n) is 10.1. The number of carbonyl (C=O) groups is 3. The molecule has 1 aliphatic heterocycles. The molecule has 1 atom stereocenters. The number of carboxylic acids is 1. The minimum Gasteiger partial charge on any atom is -0.480 e. The minimum atomic E-state index is -1.23. The highest BCUT2D eigenvalue weighted by molar-refractivity contribution is 6.31. The molecule has 6 nitrogen and oxygen atoms in total. The van der Waals surface area contributed by atoms with E-state index in [-0.39, 0.29) is 23.7 Å². The largest absolute Gasteiger partial charge is 0.480 e. The van der Waals surface area contributed by atoms with Crippen LogP contribution in [0.5, 0.6) is 0 Å². The van der Waals surface area contributed by atoms with Gasteiger partial charge < -0.3 is 15.3 Å². The molecular weight excluding hydrogens is 291 g/mol. The van der Waals surface area contributed by atoms with E-state index in [1.165, 1.54) is 6.07 Å². The molecule has 2 amide bonds. The summed E-state index contributed by atoms with van der Waals surface area (Å²) in [5.41, 5.74) is 0.0253. The van der Waals surface area contributed by atoms with Crippen LogP contribution in [-0.4, -0.2) is 46.9 Å². The summed E-state index contributed by atoms with van der Waals surface area (Å²) in [6.45, 7) is -0.542. The maximum Gasteiger partial charge on any atom is 0.328 e. The first-order chi connectivity index (χ1) is 9.40. The quantitative estimate of drug-likeness (QED) is 0.833. The molecule has 2 N–H and O–H groups in total. The molecule has 1 heterocycles. The lowest BCUT2D eigenvalue weighted by Crippen LogP contribution is -2.59. The first kappa shape index (κ1) is 14.3. The van der Waals surface area contributed by atoms with Crippen molar-refractivity contribution in [2.45, 2.75) is 6.04 Å². The van der Waals surface area contributed by atoms with E-state index in [0.29, 0.717) is 0 Å². The summed E-state index contributed by atoms with van der Waals surface area (Å²) in [7, 11) is 0. The smallest absolute Gasteiger partial charge is 0.328 e. The molecule has 0 aromatic heterocycles. The zero-order valence-corrected chi connectivity index (χ0v) is 10.9. The number of nitrogens with one attached hydrogen (secondary N) is 1. The number of hydrogen-bond donors (Lipinski definition) is 2. The second-order valence-electron chi connectivity index (χ2n) is 4.22. The van der Waals surface area contributed by atoms with E-state index in [2.05, 4.69) is 5.32 Å². The summed E-state index contributed by atoms with van der Waals surface area (Å²) >= 11 is 5.58. The fraction of sp³-hybridized carbons (Fsp3) is 0.250. The van der Waals surface area contributed by atoms with E-state index in [0.717, 1.165) is 17.0 Å². The van der Waals surface area contributed by atoms with Crippen molar-refractivity contribution < 1.29 is 23.9 Å². The van der Waals surface area contributed by atoms with Gasteiger partial charge in [-0.05, 0) is 18.2 Å². The third kappa shape index (κ3) is 2.72. The Labute approximate surface area is 118 Å². The number of nitrogens with zero attached hydrogens (tertiary/aromatic N) is 1. The van der Waals surface area contributed by atoms with Crippen LogP contribution in [0.15, 0.2) is 18.2 Å². The molecule has 0 spiro atoms. The average Bonchev–Trinajstić information content (AvgIpc) is 2.40. The molecule has 0 bridgehead atoms. The van der Waals surface area contributed by atoms with Gasteiger partial charge in [0.15, 0.2) is 0 Å². The van der Waals surface area contributed by atoms with Gasteiger partial charge in [0.1, 0.15) is 18.4 Å². The molecule has 1 saturated heterocycles. The monoisotopic (exact) mass is 300 g/mol. The molecular formula is C12H10ClFN2O4. The fourth-order valence-electron chi connectivity index (χ4n) is 1.87. The molecule has 2 rings (SSSR count). The highest BCUT2D eigenvalue weighted by atomic mass is 35.5. The van der Waals surface area contributed by atoms with Gasteiger partial charge in [-0.25, -0.2) is 9.18 Å². The number of carboxylic acid groups (broad SMARTS) is 1. The van der Waals surface area contributed by atoms with Gasteiger partial charge in [0.05, 0.1) is 5.02 Å². The Hall–Kier alpha value is -2.15. The van der Waals surface area contributed by atoms with Gasteiger partial charge >= 0.3 is 5.97 Å². The number of amides is 2. The number of aliphatic carboxylic acids is 1. The number of benzene rings is 1. The number of piperazine rings is 1. The summed E-state index contributed by atoms with van der Waals surface area (Å²) in [5.74, 6) is -3.06. The Kier molecular flexibility index (Phi) is 3.89. The molecule has 1 fully saturated rings. The predicted molar refractivity (Wildman–Crippen MR) is 66.9 cm³/mol. The molecule has 20 heavy (non-hydrogen) atoms. The topological polar surface area (TPSA) is 86.7 Å². The van der Waals surface area contributed by atoms with Crippen molar-refractivity contribution in [1.82, 2.24) is 10.2 Å². The van der Waals surface area contributed by atoms with Crippen LogP contribution in [0.25, 0.3) is 0 Å². The molecule has 0 saturated carbocycles. The van der Waals surface area contributed by atoms with Crippen molar-refractivity contribution in [1.29, 1.82) is 0 Å². The molecule has 1 aromatic rings. The van der Waals surface area contributed by atoms with E-state index in [4.69, 9.17) is 16.7 Å². The highest BCUT2D eigenvalue weighted by Gasteiger charge is 2.35. The molecule has 1 unspecified atom stereocenters. The molecule has 0 radical (unpaired) electrons. The molecule has 1 aliphatic rings. The van der Waals surface area contributed by atoms with Gasteiger partial charge in [-0.3, -0.25) is 9.59 Å². The number of halogens is 2. The van der Waals surface area contributed by atoms with E-state index in [1.54, 1.807) is 0 Å². The third-order valence-corrected chi connectivity index (χ3v) is 3.18. The van der Waals surface area contributed by atoms with Crippen LogP contribution in [0.2, 0.25) is 5.02 Å². The van der Waals surface area contributed by atoms with E-state index < -0.39 is 29.6 Å². The predicted octanol–water partition coefficient (Wildman–Crippen LogP) is 0.504. The van der Waals surface area contributed by atoms with Crippen LogP contribution in [-0.2, 0) is 9.59 Å². The standard InChI is InChI=1S/C12H10ClFN2O4/c13-7-3-6(1-2-8(7)14)11(18)16-5-10(17)15-4-9(16)12(19)20/h1-3,9H,4-5H2,(H,15,17)(H,19,20). The van der Waals surface area contributed by atoms with Crippen molar-refractivity contribution in [3.05, 3.63) is 34.6 Å². The second-order valence-corrected chi connectivity index (χ2v) is 4.63. The Morgan fingerprint density at radius 1 is 1.45 bits per heavy atom. The Morgan fingerprint density at radius 2 is 2.15 bits per heavy atom. The van der Waals surface area contributed by atoms with Crippen LogP contribution in [0.1, 0.15) is 10.4 Å². The zero-order chi connectivity index (χ0) is 14.9. The van der Waals surface area contributed by atoms with Gasteiger partial charge in [0, 0.05) is 12.1 Å². The van der Waals surface area contributed by atoms with Gasteiger partial charge in [0.2, 0.25) is 5.91 Å². The van der Waals surface area contributed by atoms with Crippen LogP contribution in [0.3, 0.4) is 0 Å². The van der Waals surface area contributed by atoms with Gasteiger partial charge in [-0.1, -0.05) is 11.6 Å². The van der Waals surface area contributed by atoms with Crippen LogP contribution in [0, 0.1) is 5.82 Å². The lowest BCUT2D eigenvalue weighted by Gasteiger charge is -2.32. The minimum absolute atomic E-state index is 0.0253. The van der Waals surface area contributed by atoms with Crippen molar-refractivity contribution in [2.24, 2.45) is 0 Å². The van der Waals surface area contributed by atoms with Gasteiger partial charge in [0.25, 0.3) is 5.91 Å². The van der Waals surface area contributed by atoms with Gasteiger partial charge in [-0.2, -0.15) is 0 Å². The Balaban J connectivity index is 2.31. The first-order valence-electron chi connectivity index (χ1n) is 5.65. The lowest BCUT2D eigenvalue weighted by molar-refractivity contribution is -0.144. The van der Waals surface area contributed by atoms with Crippen molar-refractivity contribution in [2.75, 3.05) is 13.1 Å². The summed E-state index contributed by atoms with van der Waals surface area (Å²) in [4.78, 5) is 35.6. The second kappa shape index (κ2) is 5.46. The maximum absolute atomic E-state index is 13.1. The average molecular weight is 301 g/mol. The SMILES string of the molecule is O=C1CN(C(=O)c2ccc(F)c(Cl)c2)C(C(=O)O)CN1. The normalized spacial score (nSPS) is 18.6. The van der Waals surface area contributed by atoms with Crippen molar-refractivity contribution in [3.8, 4) is 0 Å². The molecule has 106 valence electrons. The molecule has 8 heteroatoms. The summed E-state index contributed by atoms with van der Waals surface area (Å²) in [6.07, 6.45) is 0. The Morgan fingerprint density at radius 3 is 2.75 bits per heavy atom. The number of carbonyl (C=O) groups excluding carboxylic acids is 2. The third-order valence-electron chi connectivity index (χ3n) is 2.90. The maximum atomic E-state index is 13.1. The van der Waals surface area contributed by atoms with E-state index in [9.17, 15) is 18.8 Å². The van der Waals surface area contributed by atoms with Gasteiger partial charge in [-0.15, -0.1) is 0 Å². The van der Waals surface area contributed by atoms with Crippen LogP contribution < -0.4 is 5.32 Å². The molecule has 0 aliphatic carbocycles. The fourth-order valence-corrected chi connectivity index (χ4v) is 2.05. The summed E-state index contributed by atoms with van der Waals surface area (Å²) in [5, 5.41) is 11.2. The first-order valence-corrected chi connectivity index (χ1v) is 6.03. The Bertz CT molecular complexity index is 593. The number of rotatable bonds is 2. The molecule has 1 aromatic carbocycles. The van der Waals surface area contributed by atoms with Crippen LogP contribution >= 0.6 is 11.6 Å². The highest BCUT2D eigenvalue weighted by Crippen LogP contribution is 2.18. The summed E-state index contributed by atoms with van der Waals surface area (Å²) in [6, 6.07) is 2.14.